The van der Waals surface area contributed by atoms with E-state index in [9.17, 15) is 0 Å². The number of nitrogens with zero attached hydrogens (tertiary/aromatic N) is 5. The Balaban J connectivity index is 1.64. The number of nitrogens with two attached hydrogens (primary N) is 2. The molecule has 24 heavy (non-hydrogen) atoms. The first-order chi connectivity index (χ1) is 11.6. The summed E-state index contributed by atoms with van der Waals surface area (Å²) in [6, 6.07) is 2.38. The molecule has 0 amide bonds. The Labute approximate surface area is 139 Å². The number of aromatic nitrogens is 5. The molecular weight excluding hydrogens is 304 g/mol. The molecule has 8 nitrogen and oxygen atoms in total. The Kier molecular flexibility index (Phi) is 3.53. The number of aromatic amines is 1. The smallest absolute Gasteiger partial charge is 0.224 e. The van der Waals surface area contributed by atoms with Crippen LogP contribution in [0.1, 0.15) is 35.8 Å². The third-order valence-electron chi connectivity index (χ3n) is 4.41. The fraction of sp³-hybridized carbons (Fsp3) is 0.375. The lowest BCUT2D eigenvalue weighted by Crippen LogP contribution is -2.23. The van der Waals surface area contributed by atoms with Gasteiger partial charge in [0.05, 0.1) is 6.04 Å². The van der Waals surface area contributed by atoms with Crippen LogP contribution in [0.3, 0.4) is 0 Å². The summed E-state index contributed by atoms with van der Waals surface area (Å²) in [4.78, 5) is 22.7. The number of hydrogen-bond acceptors (Lipinski definition) is 7. The van der Waals surface area contributed by atoms with Crippen molar-refractivity contribution in [1.29, 1.82) is 0 Å². The van der Waals surface area contributed by atoms with E-state index in [1.807, 2.05) is 12.4 Å². The van der Waals surface area contributed by atoms with E-state index < -0.39 is 0 Å². The first-order valence-electron chi connectivity index (χ1n) is 8.03. The van der Waals surface area contributed by atoms with Gasteiger partial charge < -0.3 is 16.5 Å². The second-order valence-electron chi connectivity index (χ2n) is 6.29. The number of H-pyrrole nitrogens is 1. The number of rotatable bonds is 3. The zero-order chi connectivity index (χ0) is 16.7. The van der Waals surface area contributed by atoms with Gasteiger partial charge in [-0.05, 0) is 37.4 Å². The van der Waals surface area contributed by atoms with Gasteiger partial charge in [-0.3, -0.25) is 9.88 Å². The number of hydrogen-bond donors (Lipinski definition) is 3. The second kappa shape index (κ2) is 5.72. The molecule has 1 fully saturated rings. The normalized spacial score (nSPS) is 18.5. The number of aryl methyl sites for hydroxylation is 1. The molecule has 0 saturated carbocycles. The Hall–Kier alpha value is -2.74. The summed E-state index contributed by atoms with van der Waals surface area (Å²) in [6.45, 7) is 3.93. The molecule has 1 unspecified atom stereocenters. The van der Waals surface area contributed by atoms with Crippen molar-refractivity contribution in [2.45, 2.75) is 32.4 Å². The Morgan fingerprint density at radius 1 is 1.25 bits per heavy atom. The van der Waals surface area contributed by atoms with Crippen molar-refractivity contribution in [3.63, 3.8) is 0 Å². The zero-order valence-corrected chi connectivity index (χ0v) is 13.5. The Morgan fingerprint density at radius 3 is 2.96 bits per heavy atom. The second-order valence-corrected chi connectivity index (χ2v) is 6.29. The highest BCUT2D eigenvalue weighted by Gasteiger charge is 2.29. The average molecular weight is 324 g/mol. The highest BCUT2D eigenvalue weighted by molar-refractivity contribution is 5.82. The van der Waals surface area contributed by atoms with Gasteiger partial charge in [-0.2, -0.15) is 9.97 Å². The average Bonchev–Trinajstić information content (AvgIpc) is 3.13. The van der Waals surface area contributed by atoms with Crippen LogP contribution in [0.5, 0.6) is 0 Å². The van der Waals surface area contributed by atoms with Crippen molar-refractivity contribution in [1.82, 2.24) is 29.8 Å². The number of fused-ring (bicyclic) bond motifs is 1. The first-order valence-corrected chi connectivity index (χ1v) is 8.03. The van der Waals surface area contributed by atoms with Crippen molar-refractivity contribution < 1.29 is 0 Å². The molecule has 1 aliphatic rings. The monoisotopic (exact) mass is 324 g/mol. The molecule has 1 atom stereocenters. The van der Waals surface area contributed by atoms with Crippen LogP contribution in [0.4, 0.5) is 11.8 Å². The standard InChI is InChI=1S/C16H20N8/c1-9-5-10(7-19-6-9)8-24-4-2-3-11(24)14-20-12-13(17)21-16(18)23-15(12)22-14/h5-7,11H,2-4,8H2,1H3,(H5,17,18,20,21,22,23). The minimum atomic E-state index is 0.146. The van der Waals surface area contributed by atoms with E-state index in [1.165, 1.54) is 11.1 Å². The van der Waals surface area contributed by atoms with Gasteiger partial charge in [0.25, 0.3) is 0 Å². The highest BCUT2D eigenvalue weighted by atomic mass is 15.2. The molecule has 4 heterocycles. The van der Waals surface area contributed by atoms with E-state index in [0.717, 1.165) is 31.8 Å². The third kappa shape index (κ3) is 2.65. The molecule has 1 aliphatic heterocycles. The lowest BCUT2D eigenvalue weighted by atomic mass is 10.2. The molecule has 5 N–H and O–H groups in total. The summed E-state index contributed by atoms with van der Waals surface area (Å²) in [7, 11) is 0. The van der Waals surface area contributed by atoms with Crippen molar-refractivity contribution >= 4 is 22.9 Å². The van der Waals surface area contributed by atoms with Gasteiger partial charge >= 0.3 is 0 Å². The van der Waals surface area contributed by atoms with Crippen LogP contribution in [0.15, 0.2) is 18.5 Å². The highest BCUT2D eigenvalue weighted by Crippen LogP contribution is 2.33. The van der Waals surface area contributed by atoms with Gasteiger partial charge in [0, 0.05) is 18.9 Å². The topological polar surface area (TPSA) is 123 Å². The summed E-state index contributed by atoms with van der Waals surface area (Å²) in [5, 5.41) is 0. The van der Waals surface area contributed by atoms with Crippen LogP contribution in [-0.2, 0) is 6.54 Å². The minimum absolute atomic E-state index is 0.146. The molecule has 0 bridgehead atoms. The predicted molar refractivity (Wildman–Crippen MR) is 91.9 cm³/mol. The lowest BCUT2D eigenvalue weighted by molar-refractivity contribution is 0.241. The molecule has 8 heteroatoms. The molecule has 0 aliphatic carbocycles. The van der Waals surface area contributed by atoms with Crippen molar-refractivity contribution in [2.24, 2.45) is 0 Å². The first kappa shape index (κ1) is 14.8. The third-order valence-corrected chi connectivity index (χ3v) is 4.41. The van der Waals surface area contributed by atoms with Crippen LogP contribution < -0.4 is 11.5 Å². The summed E-state index contributed by atoms with van der Waals surface area (Å²) in [5.74, 6) is 1.35. The Morgan fingerprint density at radius 2 is 2.12 bits per heavy atom. The van der Waals surface area contributed by atoms with Gasteiger partial charge in [-0.15, -0.1) is 0 Å². The molecule has 0 spiro atoms. The van der Waals surface area contributed by atoms with Crippen molar-refractivity contribution in [3.05, 3.63) is 35.4 Å². The largest absolute Gasteiger partial charge is 0.382 e. The van der Waals surface area contributed by atoms with Gasteiger partial charge in [-0.25, -0.2) is 4.98 Å². The summed E-state index contributed by atoms with van der Waals surface area (Å²) < 4.78 is 0. The van der Waals surface area contributed by atoms with E-state index in [1.54, 1.807) is 0 Å². The van der Waals surface area contributed by atoms with Crippen molar-refractivity contribution in [2.75, 3.05) is 18.0 Å². The van der Waals surface area contributed by atoms with Gasteiger partial charge in [0.2, 0.25) is 5.95 Å². The van der Waals surface area contributed by atoms with E-state index in [4.69, 9.17) is 11.5 Å². The van der Waals surface area contributed by atoms with Crippen LogP contribution in [0.25, 0.3) is 11.2 Å². The van der Waals surface area contributed by atoms with Gasteiger partial charge in [-0.1, -0.05) is 6.07 Å². The number of nitrogens with one attached hydrogen (secondary N) is 1. The van der Waals surface area contributed by atoms with Gasteiger partial charge in [0.15, 0.2) is 11.5 Å². The number of nitrogen functional groups attached to an aromatic ring is 2. The van der Waals surface area contributed by atoms with Gasteiger partial charge in [0.1, 0.15) is 11.3 Å². The van der Waals surface area contributed by atoms with Crippen LogP contribution in [0, 0.1) is 6.92 Å². The quantitative estimate of drug-likeness (QED) is 0.668. The van der Waals surface area contributed by atoms with E-state index in [-0.39, 0.29) is 12.0 Å². The van der Waals surface area contributed by atoms with Crippen LogP contribution >= 0.6 is 0 Å². The van der Waals surface area contributed by atoms with E-state index in [0.29, 0.717) is 17.0 Å². The van der Waals surface area contributed by atoms with E-state index in [2.05, 4.69) is 42.8 Å². The molecular formula is C16H20N8. The number of likely N-dealkylation sites (tertiary alicyclic amines) is 1. The maximum atomic E-state index is 5.92. The molecule has 0 aromatic carbocycles. The minimum Gasteiger partial charge on any atom is -0.382 e. The van der Waals surface area contributed by atoms with E-state index >= 15 is 0 Å². The molecule has 3 aromatic heterocycles. The summed E-state index contributed by atoms with van der Waals surface area (Å²) in [6.07, 6.45) is 5.97. The number of pyridine rings is 1. The number of anilines is 2. The maximum Gasteiger partial charge on any atom is 0.224 e. The van der Waals surface area contributed by atoms with Crippen LogP contribution in [-0.4, -0.2) is 36.4 Å². The lowest BCUT2D eigenvalue weighted by Gasteiger charge is -2.22. The fourth-order valence-corrected chi connectivity index (χ4v) is 3.38. The summed E-state index contributed by atoms with van der Waals surface area (Å²) in [5.41, 5.74) is 15.1. The predicted octanol–water partition coefficient (Wildman–Crippen LogP) is 1.56. The fourth-order valence-electron chi connectivity index (χ4n) is 3.38. The Bertz CT molecular complexity index is 887. The maximum absolute atomic E-state index is 5.92. The molecule has 4 rings (SSSR count). The number of imidazole rings is 1. The zero-order valence-electron chi connectivity index (χ0n) is 13.5. The van der Waals surface area contributed by atoms with Crippen molar-refractivity contribution in [3.8, 4) is 0 Å². The molecule has 3 aromatic rings. The molecule has 0 radical (unpaired) electrons. The SMILES string of the molecule is Cc1cncc(CN2CCCC2c2nc3nc(N)nc(N)c3[nH]2)c1. The summed E-state index contributed by atoms with van der Waals surface area (Å²) >= 11 is 0. The molecule has 124 valence electrons. The van der Waals surface area contributed by atoms with Crippen LogP contribution in [0.2, 0.25) is 0 Å². The molecule has 1 saturated heterocycles.